The Morgan fingerprint density at radius 2 is 1.76 bits per heavy atom. The van der Waals surface area contributed by atoms with Crippen LogP contribution in [0.15, 0.2) is 42.5 Å². The number of carbonyl (C=O) groups is 3. The summed E-state index contributed by atoms with van der Waals surface area (Å²) in [6.45, 7) is 6.94. The minimum atomic E-state index is -1.59. The zero-order valence-electron chi connectivity index (χ0n) is 21.3. The predicted octanol–water partition coefficient (Wildman–Crippen LogP) is 3.16. The Bertz CT molecular complexity index is 1120. The van der Waals surface area contributed by atoms with Gasteiger partial charge in [-0.25, -0.2) is 14.4 Å². The molecular weight excluding hydrogens is 482 g/mol. The quantitative estimate of drug-likeness (QED) is 0.221. The second-order valence-corrected chi connectivity index (χ2v) is 9.09. The standard InChI is InChI=1S/C26H33N3O8/c1-5-37-25(33)23(30)15-28(14-16(2)3)26(34)27-21(24(31)32)12-18-8-11-20(22(13-18)29(35)36)19-9-6-17(4)7-10-19/h6-11,13,16,21,23,30H,5,12,14-15H2,1-4H3,(H,27,34)(H,31,32)/t21-,23-/m0/s1. The van der Waals surface area contributed by atoms with E-state index in [2.05, 4.69) is 5.32 Å². The molecule has 3 N–H and O–H groups in total. The first kappa shape index (κ1) is 29.2. The van der Waals surface area contributed by atoms with Gasteiger partial charge in [0.25, 0.3) is 5.69 Å². The molecule has 0 radical (unpaired) electrons. The summed E-state index contributed by atoms with van der Waals surface area (Å²) in [6.07, 6.45) is -1.81. The van der Waals surface area contributed by atoms with Gasteiger partial charge in [-0.3, -0.25) is 10.1 Å². The number of hydrogen-bond acceptors (Lipinski definition) is 7. The van der Waals surface area contributed by atoms with E-state index < -0.39 is 35.0 Å². The highest BCUT2D eigenvalue weighted by Crippen LogP contribution is 2.31. The Balaban J connectivity index is 2.25. The summed E-state index contributed by atoms with van der Waals surface area (Å²) < 4.78 is 4.77. The lowest BCUT2D eigenvalue weighted by Gasteiger charge is -2.28. The molecule has 0 heterocycles. The predicted molar refractivity (Wildman–Crippen MR) is 136 cm³/mol. The maximum absolute atomic E-state index is 12.9. The van der Waals surface area contributed by atoms with E-state index in [9.17, 15) is 34.7 Å². The van der Waals surface area contributed by atoms with E-state index in [-0.39, 0.29) is 37.7 Å². The van der Waals surface area contributed by atoms with E-state index in [1.807, 2.05) is 32.9 Å². The van der Waals surface area contributed by atoms with E-state index in [1.54, 1.807) is 31.2 Å². The molecule has 0 spiro atoms. The molecule has 11 nitrogen and oxygen atoms in total. The van der Waals surface area contributed by atoms with Crippen molar-refractivity contribution < 1.29 is 34.3 Å². The van der Waals surface area contributed by atoms with Gasteiger partial charge in [-0.1, -0.05) is 49.7 Å². The average molecular weight is 516 g/mol. The van der Waals surface area contributed by atoms with Gasteiger partial charge in [0.2, 0.25) is 0 Å². The number of carboxylic acids is 1. The first-order chi connectivity index (χ1) is 17.4. The number of hydrogen-bond donors (Lipinski definition) is 3. The first-order valence-electron chi connectivity index (χ1n) is 11.9. The second kappa shape index (κ2) is 13.4. The van der Waals surface area contributed by atoms with Crippen LogP contribution >= 0.6 is 0 Å². The van der Waals surface area contributed by atoms with Crippen LogP contribution in [0.5, 0.6) is 0 Å². The monoisotopic (exact) mass is 515 g/mol. The Labute approximate surface area is 215 Å². The summed E-state index contributed by atoms with van der Waals surface area (Å²) >= 11 is 0. The number of rotatable bonds is 12. The van der Waals surface area contributed by atoms with E-state index >= 15 is 0 Å². The van der Waals surface area contributed by atoms with Crippen LogP contribution in [0.1, 0.15) is 31.9 Å². The van der Waals surface area contributed by atoms with Gasteiger partial charge < -0.3 is 25.2 Å². The molecule has 11 heteroatoms. The molecule has 0 aliphatic carbocycles. The van der Waals surface area contributed by atoms with Crippen LogP contribution in [0.2, 0.25) is 0 Å². The number of aliphatic carboxylic acids is 1. The van der Waals surface area contributed by atoms with Crippen molar-refractivity contribution >= 4 is 23.7 Å². The normalized spacial score (nSPS) is 12.5. The number of nitrogens with one attached hydrogen (secondary N) is 1. The number of aliphatic hydroxyl groups excluding tert-OH is 1. The highest BCUT2D eigenvalue weighted by atomic mass is 16.6. The molecule has 0 bridgehead atoms. The Hall–Kier alpha value is -3.99. The Morgan fingerprint density at radius 1 is 1.11 bits per heavy atom. The molecule has 2 atom stereocenters. The van der Waals surface area contributed by atoms with E-state index in [4.69, 9.17) is 4.74 Å². The average Bonchev–Trinajstić information content (AvgIpc) is 2.83. The highest BCUT2D eigenvalue weighted by molar-refractivity contribution is 5.84. The molecule has 0 unspecified atom stereocenters. The summed E-state index contributed by atoms with van der Waals surface area (Å²) in [6, 6.07) is 9.45. The lowest BCUT2D eigenvalue weighted by atomic mass is 9.98. The molecule has 2 aromatic carbocycles. The lowest BCUT2D eigenvalue weighted by molar-refractivity contribution is -0.384. The van der Waals surface area contributed by atoms with Crippen molar-refractivity contribution in [2.45, 2.75) is 46.3 Å². The van der Waals surface area contributed by atoms with Crippen molar-refractivity contribution in [2.24, 2.45) is 5.92 Å². The first-order valence-corrected chi connectivity index (χ1v) is 11.9. The van der Waals surface area contributed by atoms with E-state index in [0.717, 1.165) is 10.5 Å². The molecule has 37 heavy (non-hydrogen) atoms. The van der Waals surface area contributed by atoms with Crippen molar-refractivity contribution in [3.63, 3.8) is 0 Å². The number of nitrogens with zero attached hydrogens (tertiary/aromatic N) is 2. The van der Waals surface area contributed by atoms with Crippen LogP contribution in [-0.4, -0.2) is 69.8 Å². The topological polar surface area (TPSA) is 159 Å². The third-order valence-corrected chi connectivity index (χ3v) is 5.48. The highest BCUT2D eigenvalue weighted by Gasteiger charge is 2.28. The Morgan fingerprint density at radius 3 is 2.30 bits per heavy atom. The van der Waals surface area contributed by atoms with Gasteiger partial charge in [-0.15, -0.1) is 0 Å². The zero-order chi connectivity index (χ0) is 27.7. The number of nitro groups is 1. The van der Waals surface area contributed by atoms with Gasteiger partial charge in [0.15, 0.2) is 6.10 Å². The van der Waals surface area contributed by atoms with E-state index in [1.165, 1.54) is 6.07 Å². The molecular formula is C26H33N3O8. The fourth-order valence-electron chi connectivity index (χ4n) is 3.71. The van der Waals surface area contributed by atoms with Crippen LogP contribution in [0, 0.1) is 23.0 Å². The molecule has 2 rings (SSSR count). The van der Waals surface area contributed by atoms with Gasteiger partial charge >= 0.3 is 18.0 Å². The smallest absolute Gasteiger partial charge is 0.336 e. The molecule has 0 aliphatic rings. The molecule has 0 aliphatic heterocycles. The fraction of sp³-hybridized carbons (Fsp3) is 0.423. The van der Waals surface area contributed by atoms with Crippen molar-refractivity contribution in [2.75, 3.05) is 19.7 Å². The van der Waals surface area contributed by atoms with Gasteiger partial charge in [0, 0.05) is 19.0 Å². The lowest BCUT2D eigenvalue weighted by Crippen LogP contribution is -2.52. The number of nitro benzene ring substituents is 1. The minimum Gasteiger partial charge on any atom is -0.480 e. The molecule has 200 valence electrons. The number of aryl methyl sites for hydroxylation is 1. The van der Waals surface area contributed by atoms with Gasteiger partial charge in [0.05, 0.1) is 23.6 Å². The third-order valence-electron chi connectivity index (χ3n) is 5.48. The summed E-state index contributed by atoms with van der Waals surface area (Å²) in [5.74, 6) is -2.27. The summed E-state index contributed by atoms with van der Waals surface area (Å²) in [5, 5.41) is 34.0. The number of ether oxygens (including phenoxy) is 1. The number of aliphatic hydroxyl groups is 1. The summed E-state index contributed by atoms with van der Waals surface area (Å²) in [7, 11) is 0. The summed E-state index contributed by atoms with van der Waals surface area (Å²) in [5.41, 5.74) is 2.20. The number of amides is 2. The van der Waals surface area contributed by atoms with Crippen molar-refractivity contribution in [3.8, 4) is 11.1 Å². The second-order valence-electron chi connectivity index (χ2n) is 9.09. The maximum Gasteiger partial charge on any atom is 0.336 e. The molecule has 2 amide bonds. The van der Waals surface area contributed by atoms with Crippen LogP contribution in [0.3, 0.4) is 0 Å². The van der Waals surface area contributed by atoms with E-state index in [0.29, 0.717) is 16.7 Å². The van der Waals surface area contributed by atoms with Crippen molar-refractivity contribution in [3.05, 3.63) is 63.7 Å². The number of esters is 1. The van der Waals surface area contributed by atoms with Gasteiger partial charge in [0.1, 0.15) is 6.04 Å². The molecule has 0 fully saturated rings. The zero-order valence-corrected chi connectivity index (χ0v) is 21.3. The number of benzene rings is 2. The van der Waals surface area contributed by atoms with Gasteiger partial charge in [-0.2, -0.15) is 0 Å². The summed E-state index contributed by atoms with van der Waals surface area (Å²) in [4.78, 5) is 49.1. The van der Waals surface area contributed by atoms with Crippen molar-refractivity contribution in [1.82, 2.24) is 10.2 Å². The van der Waals surface area contributed by atoms with Crippen LogP contribution in [0.25, 0.3) is 11.1 Å². The molecule has 0 saturated heterocycles. The maximum atomic E-state index is 12.9. The fourth-order valence-corrected chi connectivity index (χ4v) is 3.71. The molecule has 0 saturated carbocycles. The third kappa shape index (κ3) is 8.57. The largest absolute Gasteiger partial charge is 0.480 e. The number of carboxylic acid groups (broad SMARTS) is 1. The Kier molecular flexibility index (Phi) is 10.6. The number of carbonyl (C=O) groups excluding carboxylic acids is 2. The minimum absolute atomic E-state index is 0.0413. The van der Waals surface area contributed by atoms with Crippen LogP contribution < -0.4 is 5.32 Å². The van der Waals surface area contributed by atoms with Crippen molar-refractivity contribution in [1.29, 1.82) is 0 Å². The SMILES string of the molecule is CCOC(=O)[C@@H](O)CN(CC(C)C)C(=O)N[C@@H](Cc1ccc(-c2ccc(C)cc2)c([N+](=O)[O-])c1)C(=O)O. The molecule has 0 aromatic heterocycles. The van der Waals surface area contributed by atoms with Crippen LogP contribution in [0.4, 0.5) is 10.5 Å². The number of urea groups is 1. The van der Waals surface area contributed by atoms with Crippen LogP contribution in [-0.2, 0) is 20.7 Å². The van der Waals surface area contributed by atoms with Gasteiger partial charge in [-0.05, 0) is 37.0 Å². The molecule has 2 aromatic rings.